The summed E-state index contributed by atoms with van der Waals surface area (Å²) in [6, 6.07) is 20.5. The Morgan fingerprint density at radius 3 is 2.40 bits per heavy atom. The van der Waals surface area contributed by atoms with Crippen molar-refractivity contribution >= 4 is 0 Å². The molecule has 0 radical (unpaired) electrons. The van der Waals surface area contributed by atoms with Gasteiger partial charge in [-0.05, 0) is 67.1 Å². The lowest BCUT2D eigenvalue weighted by molar-refractivity contribution is 0.140. The van der Waals surface area contributed by atoms with Gasteiger partial charge in [0.15, 0.2) is 0 Å². The number of hydrogen-bond acceptors (Lipinski definition) is 5. The van der Waals surface area contributed by atoms with Gasteiger partial charge in [-0.3, -0.25) is 4.90 Å². The van der Waals surface area contributed by atoms with E-state index in [1.165, 1.54) is 37.8 Å². The molecular weight excluding hydrogens is 372 g/mol. The summed E-state index contributed by atoms with van der Waals surface area (Å²) in [4.78, 5) is 10.9. The van der Waals surface area contributed by atoms with Crippen molar-refractivity contribution in [2.75, 3.05) is 13.1 Å². The highest BCUT2D eigenvalue weighted by Gasteiger charge is 2.30. The molecule has 0 spiro atoms. The van der Waals surface area contributed by atoms with Gasteiger partial charge in [0.05, 0.1) is 0 Å². The van der Waals surface area contributed by atoms with Crippen molar-refractivity contribution in [1.82, 2.24) is 20.2 Å². The summed E-state index contributed by atoms with van der Waals surface area (Å²) >= 11 is 0. The fourth-order valence-corrected chi connectivity index (χ4v) is 4.68. The minimum absolute atomic E-state index is 0.375. The van der Waals surface area contributed by atoms with Crippen molar-refractivity contribution in [2.24, 2.45) is 0 Å². The zero-order chi connectivity index (χ0) is 20.2. The lowest BCUT2D eigenvalue weighted by Crippen LogP contribution is -2.49. The molecular formula is C25H28N4O. The van der Waals surface area contributed by atoms with E-state index >= 15 is 0 Å². The molecule has 3 aromatic rings. The first-order chi connectivity index (χ1) is 14.8. The van der Waals surface area contributed by atoms with Crippen LogP contribution in [-0.4, -0.2) is 40.0 Å². The van der Waals surface area contributed by atoms with Gasteiger partial charge in [0.25, 0.3) is 0 Å². The lowest BCUT2D eigenvalue weighted by atomic mass is 10.0. The maximum atomic E-state index is 5.68. The number of fused-ring (bicyclic) bond motifs is 1. The Morgan fingerprint density at radius 1 is 0.933 bits per heavy atom. The first-order valence-electron chi connectivity index (χ1n) is 10.9. The van der Waals surface area contributed by atoms with Crippen LogP contribution in [0.1, 0.15) is 29.5 Å². The summed E-state index contributed by atoms with van der Waals surface area (Å²) in [7, 11) is 0. The Morgan fingerprint density at radius 2 is 1.67 bits per heavy atom. The largest absolute Gasteiger partial charge is 0.424 e. The molecule has 1 aliphatic heterocycles. The van der Waals surface area contributed by atoms with Crippen LogP contribution in [0.5, 0.6) is 11.8 Å². The molecule has 1 aromatic heterocycles. The topological polar surface area (TPSA) is 50.3 Å². The van der Waals surface area contributed by atoms with Crippen LogP contribution in [-0.2, 0) is 19.4 Å². The average molecular weight is 401 g/mol. The molecule has 1 aliphatic carbocycles. The van der Waals surface area contributed by atoms with Crippen LogP contribution in [0, 0.1) is 0 Å². The molecule has 30 heavy (non-hydrogen) atoms. The van der Waals surface area contributed by atoms with Gasteiger partial charge in [-0.15, -0.1) is 0 Å². The molecule has 2 aromatic carbocycles. The molecule has 1 atom stereocenters. The molecule has 1 fully saturated rings. The normalized spacial score (nSPS) is 19.5. The Hall–Kier alpha value is -2.76. The minimum atomic E-state index is 0.375. The number of hydrogen-bond donors (Lipinski definition) is 1. The summed E-state index contributed by atoms with van der Waals surface area (Å²) in [5.74, 6) is 0.759. The SMILES string of the molecule is c1cnc(Oc2ccc(CN[C@@H]3CCCN(C4Cc5ccccc5C4)C3)cc2)nc1. The number of ether oxygens (including phenoxy) is 1. The Bertz CT molecular complexity index is 935. The van der Waals surface area contributed by atoms with Crippen molar-refractivity contribution in [1.29, 1.82) is 0 Å². The third-order valence-electron chi connectivity index (χ3n) is 6.27. The second kappa shape index (κ2) is 8.94. The first-order valence-corrected chi connectivity index (χ1v) is 10.9. The van der Waals surface area contributed by atoms with Crippen LogP contribution in [0.15, 0.2) is 67.0 Å². The highest BCUT2D eigenvalue weighted by molar-refractivity contribution is 5.33. The monoisotopic (exact) mass is 400 g/mol. The van der Waals surface area contributed by atoms with Gasteiger partial charge in [0.2, 0.25) is 0 Å². The van der Waals surface area contributed by atoms with Crippen molar-refractivity contribution in [3.63, 3.8) is 0 Å². The number of nitrogens with zero attached hydrogens (tertiary/aromatic N) is 3. The second-order valence-electron chi connectivity index (χ2n) is 8.32. The standard InChI is InChI=1S/C25H28N4O/c1-2-6-21-16-23(15-20(21)5-1)29-14-3-7-22(18-29)28-17-19-8-10-24(11-9-19)30-25-26-12-4-13-27-25/h1-2,4-6,8-13,22-23,28H,3,7,14-18H2/t22-/m1/s1. The van der Waals surface area contributed by atoms with Crippen molar-refractivity contribution < 1.29 is 4.74 Å². The fourth-order valence-electron chi connectivity index (χ4n) is 4.68. The van der Waals surface area contributed by atoms with E-state index in [0.29, 0.717) is 18.1 Å². The van der Waals surface area contributed by atoms with Gasteiger partial charge in [-0.1, -0.05) is 36.4 Å². The maximum absolute atomic E-state index is 5.68. The maximum Gasteiger partial charge on any atom is 0.321 e. The molecule has 154 valence electrons. The van der Waals surface area contributed by atoms with E-state index in [0.717, 1.165) is 18.8 Å². The third kappa shape index (κ3) is 4.53. The zero-order valence-electron chi connectivity index (χ0n) is 17.2. The van der Waals surface area contributed by atoms with Crippen LogP contribution in [0.25, 0.3) is 0 Å². The van der Waals surface area contributed by atoms with Gasteiger partial charge >= 0.3 is 6.01 Å². The number of nitrogens with one attached hydrogen (secondary N) is 1. The number of likely N-dealkylation sites (tertiary alicyclic amines) is 1. The fraction of sp³-hybridized carbons (Fsp3) is 0.360. The summed E-state index contributed by atoms with van der Waals surface area (Å²) in [6.07, 6.45) is 8.29. The predicted octanol–water partition coefficient (Wildman–Crippen LogP) is 3.99. The number of aromatic nitrogens is 2. The average Bonchev–Trinajstić information content (AvgIpc) is 3.24. The smallest absolute Gasteiger partial charge is 0.321 e. The van der Waals surface area contributed by atoms with Crippen LogP contribution in [0.4, 0.5) is 0 Å². The van der Waals surface area contributed by atoms with E-state index in [2.05, 4.69) is 56.6 Å². The van der Waals surface area contributed by atoms with Crippen LogP contribution in [0.3, 0.4) is 0 Å². The summed E-state index contributed by atoms with van der Waals surface area (Å²) < 4.78 is 5.68. The molecule has 0 unspecified atom stereocenters. The highest BCUT2D eigenvalue weighted by Crippen LogP contribution is 2.27. The second-order valence-corrected chi connectivity index (χ2v) is 8.32. The van der Waals surface area contributed by atoms with E-state index in [1.807, 2.05) is 12.1 Å². The summed E-state index contributed by atoms with van der Waals surface area (Å²) in [5, 5.41) is 3.77. The quantitative estimate of drug-likeness (QED) is 0.678. The first kappa shape index (κ1) is 19.2. The lowest BCUT2D eigenvalue weighted by Gasteiger charge is -2.37. The van der Waals surface area contributed by atoms with Crippen molar-refractivity contribution in [3.8, 4) is 11.8 Å². The van der Waals surface area contributed by atoms with Gasteiger partial charge in [0.1, 0.15) is 5.75 Å². The number of benzene rings is 2. The minimum Gasteiger partial charge on any atom is -0.424 e. The van der Waals surface area contributed by atoms with E-state index in [4.69, 9.17) is 4.74 Å². The van der Waals surface area contributed by atoms with Crippen LogP contribution < -0.4 is 10.1 Å². The number of rotatable bonds is 6. The van der Waals surface area contributed by atoms with Gasteiger partial charge in [-0.25, -0.2) is 9.97 Å². The Balaban J connectivity index is 1.12. The number of piperidine rings is 1. The molecule has 2 aliphatic rings. The highest BCUT2D eigenvalue weighted by atomic mass is 16.5. The molecule has 1 N–H and O–H groups in total. The molecule has 5 nitrogen and oxygen atoms in total. The van der Waals surface area contributed by atoms with Gasteiger partial charge in [0, 0.05) is 37.6 Å². The molecule has 5 heteroatoms. The molecule has 5 rings (SSSR count). The molecule has 1 saturated heterocycles. The van der Waals surface area contributed by atoms with E-state index < -0.39 is 0 Å². The molecule has 0 bridgehead atoms. The van der Waals surface area contributed by atoms with Gasteiger partial charge in [-0.2, -0.15) is 0 Å². The summed E-state index contributed by atoms with van der Waals surface area (Å²) in [5.41, 5.74) is 4.35. The van der Waals surface area contributed by atoms with Crippen molar-refractivity contribution in [2.45, 2.75) is 44.3 Å². The van der Waals surface area contributed by atoms with Gasteiger partial charge < -0.3 is 10.1 Å². The van der Waals surface area contributed by atoms with Crippen LogP contribution >= 0.6 is 0 Å². The van der Waals surface area contributed by atoms with E-state index in [9.17, 15) is 0 Å². The molecule has 0 saturated carbocycles. The Kier molecular flexibility index (Phi) is 5.73. The molecule has 0 amide bonds. The van der Waals surface area contributed by atoms with E-state index in [-0.39, 0.29) is 0 Å². The third-order valence-corrected chi connectivity index (χ3v) is 6.27. The zero-order valence-corrected chi connectivity index (χ0v) is 17.2. The summed E-state index contributed by atoms with van der Waals surface area (Å²) in [6.45, 7) is 3.25. The van der Waals surface area contributed by atoms with E-state index in [1.54, 1.807) is 29.6 Å². The Labute approximate surface area is 178 Å². The molecule has 2 heterocycles. The van der Waals surface area contributed by atoms with Crippen molar-refractivity contribution in [3.05, 3.63) is 83.7 Å². The predicted molar refractivity (Wildman–Crippen MR) is 118 cm³/mol. The van der Waals surface area contributed by atoms with Crippen LogP contribution in [0.2, 0.25) is 0 Å².